The van der Waals surface area contributed by atoms with Crippen molar-refractivity contribution in [2.75, 3.05) is 13.2 Å². The van der Waals surface area contributed by atoms with Gasteiger partial charge in [0.15, 0.2) is 11.6 Å². The minimum Gasteiger partial charge on any atom is -0.489 e. The number of benzene rings is 2. The zero-order valence-corrected chi connectivity index (χ0v) is 12.7. The van der Waals surface area contributed by atoms with Gasteiger partial charge in [0.05, 0.1) is 16.6 Å². The predicted molar refractivity (Wildman–Crippen MR) is 80.6 cm³/mol. The molecule has 0 saturated heterocycles. The van der Waals surface area contributed by atoms with E-state index in [1.54, 1.807) is 0 Å². The Morgan fingerprint density at radius 3 is 2.55 bits per heavy atom. The first-order valence-electron chi connectivity index (χ1n) is 6.28. The van der Waals surface area contributed by atoms with E-state index < -0.39 is 11.6 Å². The van der Waals surface area contributed by atoms with E-state index in [-0.39, 0.29) is 29.8 Å². The van der Waals surface area contributed by atoms with Gasteiger partial charge in [-0.15, -0.1) is 0 Å². The molecule has 0 aliphatic rings. The number of rotatable bonds is 5. The lowest BCUT2D eigenvalue weighted by Gasteiger charge is -2.09. The normalized spacial score (nSPS) is 10.4. The first kappa shape index (κ1) is 16.5. The van der Waals surface area contributed by atoms with Gasteiger partial charge in [0.25, 0.3) is 5.91 Å². The summed E-state index contributed by atoms with van der Waals surface area (Å²) in [7, 11) is 0. The van der Waals surface area contributed by atoms with E-state index in [0.717, 1.165) is 12.1 Å². The van der Waals surface area contributed by atoms with Crippen LogP contribution in [0.5, 0.6) is 5.75 Å². The maximum Gasteiger partial charge on any atom is 0.251 e. The Hall–Kier alpha value is -1.85. The van der Waals surface area contributed by atoms with Crippen molar-refractivity contribution >= 4 is 29.1 Å². The number of ether oxygens (including phenoxy) is 1. The van der Waals surface area contributed by atoms with Crippen molar-refractivity contribution in [3.05, 3.63) is 63.6 Å². The highest BCUT2D eigenvalue weighted by Gasteiger charge is 2.08. The fraction of sp³-hybridized carbons (Fsp3) is 0.133. The second-order valence-electron chi connectivity index (χ2n) is 4.31. The molecule has 0 spiro atoms. The van der Waals surface area contributed by atoms with Crippen LogP contribution in [0, 0.1) is 11.6 Å². The molecule has 22 heavy (non-hydrogen) atoms. The maximum atomic E-state index is 13.3. The Morgan fingerprint density at radius 1 is 1.09 bits per heavy atom. The van der Waals surface area contributed by atoms with E-state index in [4.69, 9.17) is 27.9 Å². The van der Waals surface area contributed by atoms with Crippen LogP contribution in [0.25, 0.3) is 0 Å². The highest BCUT2D eigenvalue weighted by Crippen LogP contribution is 2.22. The van der Waals surface area contributed by atoms with Crippen LogP contribution in [0.15, 0.2) is 36.4 Å². The van der Waals surface area contributed by atoms with E-state index in [1.807, 2.05) is 0 Å². The van der Waals surface area contributed by atoms with Crippen LogP contribution >= 0.6 is 23.2 Å². The fourth-order valence-electron chi connectivity index (χ4n) is 1.66. The van der Waals surface area contributed by atoms with Gasteiger partial charge < -0.3 is 10.1 Å². The summed E-state index contributed by atoms with van der Waals surface area (Å²) in [4.78, 5) is 11.8. The Balaban J connectivity index is 1.83. The van der Waals surface area contributed by atoms with Gasteiger partial charge in [-0.05, 0) is 30.3 Å². The molecule has 3 nitrogen and oxygen atoms in total. The first-order chi connectivity index (χ1) is 10.5. The van der Waals surface area contributed by atoms with Crippen molar-refractivity contribution in [1.82, 2.24) is 5.32 Å². The first-order valence-corrected chi connectivity index (χ1v) is 7.04. The van der Waals surface area contributed by atoms with Crippen LogP contribution < -0.4 is 10.1 Å². The molecule has 2 aromatic rings. The van der Waals surface area contributed by atoms with Gasteiger partial charge >= 0.3 is 0 Å². The number of hydrogen-bond acceptors (Lipinski definition) is 2. The molecular formula is C15H11Cl2F2NO2. The number of amides is 1. The van der Waals surface area contributed by atoms with Crippen molar-refractivity contribution in [2.24, 2.45) is 0 Å². The second kappa shape index (κ2) is 7.42. The van der Waals surface area contributed by atoms with Gasteiger partial charge in [-0.1, -0.05) is 23.2 Å². The summed E-state index contributed by atoms with van der Waals surface area (Å²) in [5, 5.41) is 3.22. The minimum atomic E-state index is -0.796. The number of carbonyl (C=O) groups excluding carboxylic acids is 1. The van der Waals surface area contributed by atoms with Crippen LogP contribution in [0.3, 0.4) is 0 Å². The summed E-state index contributed by atoms with van der Waals surface area (Å²) in [6, 6.07) is 7.49. The summed E-state index contributed by atoms with van der Waals surface area (Å²) < 4.78 is 31.1. The highest BCUT2D eigenvalue weighted by atomic mass is 35.5. The molecule has 0 aliphatic carbocycles. The third-order valence-corrected chi connectivity index (χ3v) is 3.46. The fourth-order valence-corrected chi connectivity index (χ4v) is 1.96. The maximum absolute atomic E-state index is 13.3. The van der Waals surface area contributed by atoms with Gasteiger partial charge in [0, 0.05) is 11.6 Å². The molecule has 0 atom stereocenters. The summed E-state index contributed by atoms with van der Waals surface area (Å²) in [5.74, 6) is -1.92. The number of nitrogens with one attached hydrogen (secondary N) is 1. The Morgan fingerprint density at radius 2 is 1.86 bits per heavy atom. The summed E-state index contributed by atoms with van der Waals surface area (Å²) in [6.45, 7) is 0.186. The lowest BCUT2D eigenvalue weighted by molar-refractivity contribution is 0.0946. The summed E-state index contributed by atoms with van der Waals surface area (Å²) in [6.07, 6.45) is 0. The molecule has 2 aromatic carbocycles. The van der Waals surface area contributed by atoms with E-state index in [9.17, 15) is 13.6 Å². The minimum absolute atomic E-state index is 0.0373. The quantitative estimate of drug-likeness (QED) is 0.829. The Kier molecular flexibility index (Phi) is 5.57. The lowest BCUT2D eigenvalue weighted by Crippen LogP contribution is -2.28. The molecule has 0 aliphatic heterocycles. The van der Waals surface area contributed by atoms with Gasteiger partial charge in [-0.3, -0.25) is 4.79 Å². The SMILES string of the molecule is O=C(NCCOc1ccc(F)cc1F)c1ccc(Cl)c(Cl)c1. The van der Waals surface area contributed by atoms with E-state index in [0.29, 0.717) is 10.6 Å². The molecule has 116 valence electrons. The third-order valence-electron chi connectivity index (χ3n) is 2.72. The number of hydrogen-bond donors (Lipinski definition) is 1. The van der Waals surface area contributed by atoms with Crippen LogP contribution in [0.2, 0.25) is 10.0 Å². The molecule has 7 heteroatoms. The average molecular weight is 346 g/mol. The van der Waals surface area contributed by atoms with Crippen molar-refractivity contribution in [3.63, 3.8) is 0 Å². The molecule has 0 radical (unpaired) electrons. The molecule has 0 heterocycles. The van der Waals surface area contributed by atoms with Gasteiger partial charge in [-0.2, -0.15) is 0 Å². The standard InChI is InChI=1S/C15H11Cl2F2NO2/c16-11-3-1-9(7-12(11)17)15(21)20-5-6-22-14-4-2-10(18)8-13(14)19/h1-4,7-8H,5-6H2,(H,20,21). The lowest BCUT2D eigenvalue weighted by atomic mass is 10.2. The van der Waals surface area contributed by atoms with Gasteiger partial charge in [0.1, 0.15) is 12.4 Å². The predicted octanol–water partition coefficient (Wildman–Crippen LogP) is 4.08. The topological polar surface area (TPSA) is 38.3 Å². The van der Waals surface area contributed by atoms with Gasteiger partial charge in [0.2, 0.25) is 0 Å². The Bertz CT molecular complexity index is 695. The summed E-state index contributed by atoms with van der Waals surface area (Å²) >= 11 is 11.6. The van der Waals surface area contributed by atoms with Crippen molar-refractivity contribution in [1.29, 1.82) is 0 Å². The molecular weight excluding hydrogens is 335 g/mol. The molecule has 0 bridgehead atoms. The molecule has 0 fully saturated rings. The number of carbonyl (C=O) groups is 1. The van der Waals surface area contributed by atoms with Crippen LogP contribution in [-0.4, -0.2) is 19.1 Å². The van der Waals surface area contributed by atoms with E-state index in [2.05, 4.69) is 5.32 Å². The monoisotopic (exact) mass is 345 g/mol. The second-order valence-corrected chi connectivity index (χ2v) is 5.12. The molecule has 0 saturated carbocycles. The van der Waals surface area contributed by atoms with Crippen LogP contribution in [0.1, 0.15) is 10.4 Å². The molecule has 0 aromatic heterocycles. The zero-order chi connectivity index (χ0) is 16.1. The largest absolute Gasteiger partial charge is 0.489 e. The molecule has 1 amide bonds. The number of halogens is 4. The molecule has 2 rings (SSSR count). The highest BCUT2D eigenvalue weighted by molar-refractivity contribution is 6.42. The summed E-state index contributed by atoms with van der Waals surface area (Å²) in [5.41, 5.74) is 0.349. The van der Waals surface area contributed by atoms with Crippen LogP contribution in [-0.2, 0) is 0 Å². The average Bonchev–Trinajstić information content (AvgIpc) is 2.48. The van der Waals surface area contributed by atoms with Crippen molar-refractivity contribution < 1.29 is 18.3 Å². The van der Waals surface area contributed by atoms with Crippen LogP contribution in [0.4, 0.5) is 8.78 Å². The third kappa shape index (κ3) is 4.32. The van der Waals surface area contributed by atoms with Crippen molar-refractivity contribution in [2.45, 2.75) is 0 Å². The van der Waals surface area contributed by atoms with Crippen molar-refractivity contribution in [3.8, 4) is 5.75 Å². The molecule has 0 unspecified atom stereocenters. The molecule has 1 N–H and O–H groups in total. The zero-order valence-electron chi connectivity index (χ0n) is 11.2. The van der Waals surface area contributed by atoms with E-state index >= 15 is 0 Å². The smallest absolute Gasteiger partial charge is 0.251 e. The Labute approximate surface area is 135 Å². The van der Waals surface area contributed by atoms with Gasteiger partial charge in [-0.25, -0.2) is 8.78 Å². The van der Waals surface area contributed by atoms with E-state index in [1.165, 1.54) is 24.3 Å².